The van der Waals surface area contributed by atoms with Gasteiger partial charge >= 0.3 is 0 Å². The second kappa shape index (κ2) is 8.04. The van der Waals surface area contributed by atoms with Gasteiger partial charge in [0.05, 0.1) is 11.8 Å². The van der Waals surface area contributed by atoms with Crippen molar-refractivity contribution >= 4 is 17.7 Å². The molecule has 2 aromatic carbocycles. The number of benzene rings is 2. The number of amides is 1. The number of carbonyl (C=O) groups is 1. The van der Waals surface area contributed by atoms with E-state index in [1.165, 1.54) is 16.7 Å². The summed E-state index contributed by atoms with van der Waals surface area (Å²) in [6.45, 7) is 6.23. The van der Waals surface area contributed by atoms with Crippen molar-refractivity contribution in [1.29, 1.82) is 0 Å². The van der Waals surface area contributed by atoms with Crippen molar-refractivity contribution in [1.82, 2.24) is 5.32 Å². The van der Waals surface area contributed by atoms with Crippen LogP contribution in [0.5, 0.6) is 0 Å². The molecule has 1 N–H and O–H groups in total. The first-order valence-electron chi connectivity index (χ1n) is 7.54. The van der Waals surface area contributed by atoms with Crippen LogP contribution in [-0.2, 0) is 10.5 Å². The molecule has 22 heavy (non-hydrogen) atoms. The molecule has 0 aliphatic heterocycles. The summed E-state index contributed by atoms with van der Waals surface area (Å²) in [6, 6.07) is 16.6. The molecule has 3 heteroatoms. The van der Waals surface area contributed by atoms with E-state index in [1.54, 1.807) is 11.8 Å². The average Bonchev–Trinajstić information content (AvgIpc) is 2.51. The van der Waals surface area contributed by atoms with Crippen LogP contribution in [0.1, 0.15) is 35.2 Å². The second-order valence-electron chi connectivity index (χ2n) is 5.62. The number of aryl methyl sites for hydroxylation is 2. The van der Waals surface area contributed by atoms with Crippen LogP contribution >= 0.6 is 11.8 Å². The van der Waals surface area contributed by atoms with Crippen LogP contribution in [0.15, 0.2) is 48.5 Å². The minimum Gasteiger partial charge on any atom is -0.349 e. The van der Waals surface area contributed by atoms with E-state index in [1.807, 2.05) is 37.3 Å². The summed E-state index contributed by atoms with van der Waals surface area (Å²) in [5.41, 5.74) is 5.00. The van der Waals surface area contributed by atoms with E-state index >= 15 is 0 Å². The Morgan fingerprint density at radius 2 is 1.86 bits per heavy atom. The lowest BCUT2D eigenvalue weighted by molar-refractivity contribution is -0.119. The van der Waals surface area contributed by atoms with E-state index in [9.17, 15) is 4.79 Å². The van der Waals surface area contributed by atoms with Crippen LogP contribution in [0.25, 0.3) is 0 Å². The van der Waals surface area contributed by atoms with Gasteiger partial charge in [-0.3, -0.25) is 4.79 Å². The molecule has 0 saturated heterocycles. The summed E-state index contributed by atoms with van der Waals surface area (Å²) in [5.74, 6) is 1.46. The Hall–Kier alpha value is -1.74. The van der Waals surface area contributed by atoms with Crippen molar-refractivity contribution in [2.75, 3.05) is 5.75 Å². The zero-order valence-electron chi connectivity index (χ0n) is 13.4. The lowest BCUT2D eigenvalue weighted by Crippen LogP contribution is -2.28. The highest BCUT2D eigenvalue weighted by molar-refractivity contribution is 7.99. The molecular formula is C19H23NOS. The van der Waals surface area contributed by atoms with Crippen LogP contribution in [0.2, 0.25) is 0 Å². The highest BCUT2D eigenvalue weighted by Crippen LogP contribution is 2.18. The minimum absolute atomic E-state index is 0.0509. The molecule has 0 bridgehead atoms. The summed E-state index contributed by atoms with van der Waals surface area (Å²) in [5, 5.41) is 3.05. The van der Waals surface area contributed by atoms with Gasteiger partial charge in [-0.2, -0.15) is 0 Å². The summed E-state index contributed by atoms with van der Waals surface area (Å²) in [7, 11) is 0. The molecular weight excluding hydrogens is 290 g/mol. The van der Waals surface area contributed by atoms with Crippen molar-refractivity contribution in [3.63, 3.8) is 0 Å². The van der Waals surface area contributed by atoms with Gasteiger partial charge < -0.3 is 5.32 Å². The average molecular weight is 313 g/mol. The molecule has 0 heterocycles. The number of nitrogens with one attached hydrogen (secondary N) is 1. The standard InChI is InChI=1S/C19H23NOS/c1-14-9-10-15(2)18(11-14)12-22-13-19(21)20-16(3)17-7-5-4-6-8-17/h4-11,16H,12-13H2,1-3H3,(H,20,21). The highest BCUT2D eigenvalue weighted by Gasteiger charge is 2.09. The fourth-order valence-corrected chi connectivity index (χ4v) is 3.22. The van der Waals surface area contributed by atoms with E-state index in [2.05, 4.69) is 37.4 Å². The number of hydrogen-bond donors (Lipinski definition) is 1. The molecule has 0 fully saturated rings. The molecule has 2 rings (SSSR count). The van der Waals surface area contributed by atoms with Gasteiger partial charge in [-0.1, -0.05) is 54.1 Å². The Kier molecular flexibility index (Phi) is 6.08. The fourth-order valence-electron chi connectivity index (χ4n) is 2.32. The molecule has 0 aliphatic rings. The zero-order valence-corrected chi connectivity index (χ0v) is 14.2. The van der Waals surface area contributed by atoms with Gasteiger partial charge in [0.15, 0.2) is 0 Å². The van der Waals surface area contributed by atoms with Crippen molar-refractivity contribution < 1.29 is 4.79 Å². The lowest BCUT2D eigenvalue weighted by Gasteiger charge is -2.14. The number of hydrogen-bond acceptors (Lipinski definition) is 2. The van der Waals surface area contributed by atoms with Crippen molar-refractivity contribution in [3.8, 4) is 0 Å². The minimum atomic E-state index is 0.0509. The van der Waals surface area contributed by atoms with E-state index in [-0.39, 0.29) is 11.9 Å². The van der Waals surface area contributed by atoms with Crippen molar-refractivity contribution in [3.05, 3.63) is 70.8 Å². The maximum atomic E-state index is 12.0. The summed E-state index contributed by atoms with van der Waals surface area (Å²) in [6.07, 6.45) is 0. The van der Waals surface area contributed by atoms with Crippen molar-refractivity contribution in [2.24, 2.45) is 0 Å². The molecule has 1 unspecified atom stereocenters. The predicted molar refractivity (Wildman–Crippen MR) is 95.1 cm³/mol. The van der Waals surface area contributed by atoms with Gasteiger partial charge in [0.25, 0.3) is 0 Å². The van der Waals surface area contributed by atoms with E-state index in [0.717, 1.165) is 11.3 Å². The van der Waals surface area contributed by atoms with Crippen LogP contribution < -0.4 is 5.32 Å². The molecule has 2 aromatic rings. The Morgan fingerprint density at radius 3 is 2.59 bits per heavy atom. The van der Waals surface area contributed by atoms with Crippen LogP contribution in [-0.4, -0.2) is 11.7 Å². The fraction of sp³-hybridized carbons (Fsp3) is 0.316. The highest BCUT2D eigenvalue weighted by atomic mass is 32.2. The first-order valence-corrected chi connectivity index (χ1v) is 8.70. The van der Waals surface area contributed by atoms with E-state index in [0.29, 0.717) is 5.75 Å². The Morgan fingerprint density at radius 1 is 1.14 bits per heavy atom. The lowest BCUT2D eigenvalue weighted by atomic mass is 10.1. The number of carbonyl (C=O) groups excluding carboxylic acids is 1. The monoisotopic (exact) mass is 313 g/mol. The molecule has 2 nitrogen and oxygen atoms in total. The Balaban J connectivity index is 1.79. The largest absolute Gasteiger partial charge is 0.349 e. The van der Waals surface area contributed by atoms with Gasteiger partial charge in [0, 0.05) is 5.75 Å². The first-order chi connectivity index (χ1) is 10.6. The number of rotatable bonds is 6. The van der Waals surface area contributed by atoms with Gasteiger partial charge in [-0.15, -0.1) is 11.8 Å². The summed E-state index contributed by atoms with van der Waals surface area (Å²) < 4.78 is 0. The Bertz CT molecular complexity index is 625. The van der Waals surface area contributed by atoms with Crippen LogP contribution in [0.4, 0.5) is 0 Å². The molecule has 0 saturated carbocycles. The molecule has 0 radical (unpaired) electrons. The van der Waals surface area contributed by atoms with E-state index in [4.69, 9.17) is 0 Å². The Labute approximate surface area is 137 Å². The molecule has 0 aliphatic carbocycles. The number of thioether (sulfide) groups is 1. The van der Waals surface area contributed by atoms with E-state index < -0.39 is 0 Å². The maximum absolute atomic E-state index is 12.0. The van der Waals surface area contributed by atoms with Crippen LogP contribution in [0.3, 0.4) is 0 Å². The van der Waals surface area contributed by atoms with Gasteiger partial charge in [-0.25, -0.2) is 0 Å². The molecule has 0 spiro atoms. The SMILES string of the molecule is Cc1ccc(C)c(CSCC(=O)NC(C)c2ccccc2)c1. The molecule has 1 amide bonds. The molecule has 116 valence electrons. The second-order valence-corrected chi connectivity index (χ2v) is 6.61. The zero-order chi connectivity index (χ0) is 15.9. The topological polar surface area (TPSA) is 29.1 Å². The van der Waals surface area contributed by atoms with Gasteiger partial charge in [0.2, 0.25) is 5.91 Å². The van der Waals surface area contributed by atoms with Gasteiger partial charge in [0.1, 0.15) is 0 Å². The normalized spacial score (nSPS) is 12.0. The third kappa shape index (κ3) is 4.92. The molecule has 0 aromatic heterocycles. The third-order valence-electron chi connectivity index (χ3n) is 3.67. The maximum Gasteiger partial charge on any atom is 0.230 e. The smallest absolute Gasteiger partial charge is 0.230 e. The van der Waals surface area contributed by atoms with Gasteiger partial charge in [-0.05, 0) is 37.5 Å². The first kappa shape index (κ1) is 16.6. The van der Waals surface area contributed by atoms with Crippen LogP contribution in [0, 0.1) is 13.8 Å². The summed E-state index contributed by atoms with van der Waals surface area (Å²) >= 11 is 1.66. The van der Waals surface area contributed by atoms with Crippen molar-refractivity contribution in [2.45, 2.75) is 32.6 Å². The predicted octanol–water partition coefficient (Wildman–Crippen LogP) is 4.41. The quantitative estimate of drug-likeness (QED) is 0.855. The third-order valence-corrected chi connectivity index (χ3v) is 4.65. The summed E-state index contributed by atoms with van der Waals surface area (Å²) in [4.78, 5) is 12.0. The molecule has 1 atom stereocenters.